The summed E-state index contributed by atoms with van der Waals surface area (Å²) >= 11 is 0. The van der Waals surface area contributed by atoms with Crippen molar-refractivity contribution in [3.63, 3.8) is 0 Å². The fourth-order valence-electron chi connectivity index (χ4n) is 3.61. The number of aromatic hydroxyl groups is 1. The van der Waals surface area contributed by atoms with Crippen molar-refractivity contribution in [2.24, 2.45) is 0 Å². The molecule has 1 unspecified atom stereocenters. The highest BCUT2D eigenvalue weighted by molar-refractivity contribution is 5.78. The number of ether oxygens (including phenoxy) is 1. The number of rotatable bonds is 6. The normalized spacial score (nSPS) is 13.6. The van der Waals surface area contributed by atoms with Gasteiger partial charge in [0.15, 0.2) is 0 Å². The second-order valence-electron chi connectivity index (χ2n) is 10.2. The summed E-state index contributed by atoms with van der Waals surface area (Å²) < 4.78 is 44.5. The minimum absolute atomic E-state index is 0.0317. The third-order valence-electron chi connectivity index (χ3n) is 5.37. The Kier molecular flexibility index (Phi) is 7.90. The molecule has 0 aliphatic heterocycles. The van der Waals surface area contributed by atoms with E-state index in [2.05, 4.69) is 5.32 Å². The molecule has 0 saturated heterocycles. The predicted octanol–water partition coefficient (Wildman–Crippen LogP) is 6.40. The molecule has 0 bridgehead atoms. The molecule has 33 heavy (non-hydrogen) atoms. The molecular formula is C26H34F3NO3. The molecule has 2 aromatic rings. The molecular weight excluding hydrogens is 431 g/mol. The molecule has 2 N–H and O–H groups in total. The molecule has 0 fully saturated rings. The molecule has 0 radical (unpaired) electrons. The van der Waals surface area contributed by atoms with Crippen molar-refractivity contribution in [3.8, 4) is 5.75 Å². The Balaban J connectivity index is 2.53. The molecule has 2 rings (SSSR count). The Morgan fingerprint density at radius 2 is 1.55 bits per heavy atom. The van der Waals surface area contributed by atoms with Crippen LogP contribution in [0.15, 0.2) is 36.4 Å². The summed E-state index contributed by atoms with van der Waals surface area (Å²) in [6, 6.07) is 7.61. The molecule has 0 heterocycles. The number of carbonyl (C=O) groups is 1. The van der Waals surface area contributed by atoms with Gasteiger partial charge in [-0.25, -0.2) is 4.79 Å². The highest BCUT2D eigenvalue weighted by Crippen LogP contribution is 2.41. The van der Waals surface area contributed by atoms with E-state index in [9.17, 15) is 23.1 Å². The Labute approximate surface area is 194 Å². The van der Waals surface area contributed by atoms with E-state index in [1.807, 2.05) is 41.5 Å². The smallest absolute Gasteiger partial charge is 0.416 e. The van der Waals surface area contributed by atoms with Gasteiger partial charge in [-0.1, -0.05) is 59.7 Å². The van der Waals surface area contributed by atoms with Crippen molar-refractivity contribution in [3.05, 3.63) is 64.2 Å². The van der Waals surface area contributed by atoms with E-state index in [0.717, 1.165) is 12.1 Å². The largest absolute Gasteiger partial charge is 0.507 e. The molecule has 1 atom stereocenters. The molecule has 7 heteroatoms. The average Bonchev–Trinajstić information content (AvgIpc) is 2.67. The zero-order valence-corrected chi connectivity index (χ0v) is 20.4. The maximum Gasteiger partial charge on any atom is 0.416 e. The van der Waals surface area contributed by atoms with Crippen molar-refractivity contribution in [1.29, 1.82) is 0 Å². The first-order chi connectivity index (χ1) is 15.1. The van der Waals surface area contributed by atoms with E-state index in [-0.39, 0.29) is 18.9 Å². The molecule has 0 aliphatic carbocycles. The van der Waals surface area contributed by atoms with Crippen LogP contribution in [0.4, 0.5) is 13.2 Å². The summed E-state index contributed by atoms with van der Waals surface area (Å²) in [5, 5.41) is 14.0. The average molecular weight is 466 g/mol. The van der Waals surface area contributed by atoms with Gasteiger partial charge in [0.2, 0.25) is 0 Å². The topological polar surface area (TPSA) is 58.6 Å². The molecule has 2 aromatic carbocycles. The quantitative estimate of drug-likeness (QED) is 0.485. The summed E-state index contributed by atoms with van der Waals surface area (Å²) in [6.07, 6.45) is -4.45. The first kappa shape index (κ1) is 26.7. The highest BCUT2D eigenvalue weighted by atomic mass is 19.4. The number of phenols is 1. The number of halogens is 3. The zero-order valence-electron chi connectivity index (χ0n) is 20.4. The number of nitrogens with one attached hydrogen (secondary N) is 1. The van der Waals surface area contributed by atoms with Gasteiger partial charge in [-0.3, -0.25) is 5.32 Å². The van der Waals surface area contributed by atoms with Crippen LogP contribution < -0.4 is 5.32 Å². The van der Waals surface area contributed by atoms with Crippen molar-refractivity contribution in [2.75, 3.05) is 6.61 Å². The predicted molar refractivity (Wildman–Crippen MR) is 123 cm³/mol. The van der Waals surface area contributed by atoms with Gasteiger partial charge in [0, 0.05) is 6.54 Å². The third-order valence-corrected chi connectivity index (χ3v) is 5.37. The monoisotopic (exact) mass is 465 g/mol. The zero-order chi connectivity index (χ0) is 25.2. The van der Waals surface area contributed by atoms with E-state index in [1.165, 1.54) is 6.07 Å². The molecule has 0 aromatic heterocycles. The maximum absolute atomic E-state index is 13.1. The van der Waals surface area contributed by atoms with Gasteiger partial charge in [0.25, 0.3) is 0 Å². The van der Waals surface area contributed by atoms with Crippen LogP contribution in [-0.2, 0) is 33.1 Å². The summed E-state index contributed by atoms with van der Waals surface area (Å²) in [4.78, 5) is 12.9. The molecule has 4 nitrogen and oxygen atoms in total. The van der Waals surface area contributed by atoms with Crippen LogP contribution in [0.2, 0.25) is 0 Å². The Bertz CT molecular complexity index is 950. The summed E-state index contributed by atoms with van der Waals surface area (Å²) in [7, 11) is 0. The van der Waals surface area contributed by atoms with Crippen molar-refractivity contribution in [2.45, 2.75) is 78.1 Å². The maximum atomic E-state index is 13.1. The van der Waals surface area contributed by atoms with Crippen LogP contribution in [-0.4, -0.2) is 17.7 Å². The lowest BCUT2D eigenvalue weighted by Gasteiger charge is -2.30. The van der Waals surface area contributed by atoms with Crippen LogP contribution in [0.3, 0.4) is 0 Å². The highest BCUT2D eigenvalue weighted by Gasteiger charge is 2.32. The Morgan fingerprint density at radius 1 is 1.00 bits per heavy atom. The number of phenolic OH excluding ortho intramolecular Hbond substituents is 1. The molecule has 0 amide bonds. The number of hydrogen-bond donors (Lipinski definition) is 2. The second kappa shape index (κ2) is 9.75. The third kappa shape index (κ3) is 6.73. The van der Waals surface area contributed by atoms with Gasteiger partial charge < -0.3 is 9.84 Å². The first-order valence-corrected chi connectivity index (χ1v) is 11.0. The number of benzene rings is 2. The minimum atomic E-state index is -4.45. The van der Waals surface area contributed by atoms with E-state index >= 15 is 0 Å². The van der Waals surface area contributed by atoms with Crippen molar-refractivity contribution in [1.82, 2.24) is 5.32 Å². The summed E-state index contributed by atoms with van der Waals surface area (Å²) in [5.74, 6) is -0.353. The molecule has 0 spiro atoms. The van der Waals surface area contributed by atoms with E-state index in [4.69, 9.17) is 4.74 Å². The second-order valence-corrected chi connectivity index (χ2v) is 10.2. The van der Waals surface area contributed by atoms with Gasteiger partial charge in [0.1, 0.15) is 11.8 Å². The minimum Gasteiger partial charge on any atom is -0.507 e. The lowest BCUT2D eigenvalue weighted by molar-refractivity contribution is -0.146. The summed E-state index contributed by atoms with van der Waals surface area (Å²) in [6.45, 7) is 13.7. The van der Waals surface area contributed by atoms with Crippen LogP contribution in [0.1, 0.15) is 82.3 Å². The number of hydrogen-bond acceptors (Lipinski definition) is 4. The Hall–Kier alpha value is -2.54. The fourth-order valence-corrected chi connectivity index (χ4v) is 3.61. The molecule has 182 valence electrons. The van der Waals surface area contributed by atoms with Crippen LogP contribution in [0.25, 0.3) is 0 Å². The standard InChI is InChI=1S/C26H34F3NO3/c1-8-33-23(32)21(30-15-16-10-9-11-18(12-16)26(27,28)29)17-13-19(24(2,3)4)22(31)20(14-17)25(5,6)7/h9-14,21,30-31H,8,15H2,1-7H3. The fraction of sp³-hybridized carbons (Fsp3) is 0.500. The number of carbonyl (C=O) groups excluding carboxylic acids is 1. The van der Waals surface area contributed by atoms with Crippen molar-refractivity contribution < 1.29 is 27.8 Å². The van der Waals surface area contributed by atoms with E-state index in [1.54, 1.807) is 25.1 Å². The van der Waals surface area contributed by atoms with E-state index in [0.29, 0.717) is 22.3 Å². The van der Waals surface area contributed by atoms with Gasteiger partial charge in [-0.05, 0) is 58.2 Å². The van der Waals surface area contributed by atoms with Crippen LogP contribution in [0, 0.1) is 0 Å². The lowest BCUT2D eigenvalue weighted by Crippen LogP contribution is -2.31. The van der Waals surface area contributed by atoms with Gasteiger partial charge in [0.05, 0.1) is 12.2 Å². The Morgan fingerprint density at radius 3 is 2.00 bits per heavy atom. The SMILES string of the molecule is CCOC(=O)C(NCc1cccc(C(F)(F)F)c1)c1cc(C(C)(C)C)c(O)c(C(C)(C)C)c1. The first-order valence-electron chi connectivity index (χ1n) is 11.0. The summed E-state index contributed by atoms with van der Waals surface area (Å²) in [5.41, 5.74) is 0.795. The van der Waals surface area contributed by atoms with Gasteiger partial charge in [-0.15, -0.1) is 0 Å². The van der Waals surface area contributed by atoms with Gasteiger partial charge >= 0.3 is 12.1 Å². The van der Waals surface area contributed by atoms with Crippen LogP contribution in [0.5, 0.6) is 5.75 Å². The number of esters is 1. The number of alkyl halides is 3. The lowest BCUT2D eigenvalue weighted by atomic mass is 9.77. The van der Waals surface area contributed by atoms with Crippen molar-refractivity contribution >= 4 is 5.97 Å². The van der Waals surface area contributed by atoms with Crippen LogP contribution >= 0.6 is 0 Å². The van der Waals surface area contributed by atoms with Gasteiger partial charge in [-0.2, -0.15) is 13.2 Å². The molecule has 0 aliphatic rings. The molecule has 0 saturated carbocycles. The van der Waals surface area contributed by atoms with E-state index < -0.39 is 34.6 Å².